The van der Waals surface area contributed by atoms with E-state index >= 15 is 0 Å². The van der Waals surface area contributed by atoms with Crippen molar-refractivity contribution in [1.82, 2.24) is 20.1 Å². The molecule has 1 atom stereocenters. The number of nitrogens with one attached hydrogen (secondary N) is 2. The molecule has 4 rings (SSSR count). The van der Waals surface area contributed by atoms with Crippen LogP contribution in [0.25, 0.3) is 0 Å². The molecule has 2 amide bonds. The topological polar surface area (TPSA) is 113 Å². The first-order valence-electron chi connectivity index (χ1n) is 11.8. The Bertz CT molecular complexity index is 1380. The van der Waals surface area contributed by atoms with E-state index in [9.17, 15) is 14.9 Å². The number of carbonyl (C=O) groups is 2. The van der Waals surface area contributed by atoms with Crippen LogP contribution >= 0.6 is 46.3 Å². The standard InChI is InChI=1S/C25H26Cl2N6O2S2/c1-13(2)21(30-23(35)14-8-9-17(26)18(27)10-14)22-31-32-25(33(22)3)36-12-20(34)29-24-16(11-28)15-6-4-5-7-19(15)37-24/h8-10,13,21H,4-7,12H2,1-3H3,(H,29,34)(H,30,35)/t21-/m1/s1. The van der Waals surface area contributed by atoms with E-state index in [4.69, 9.17) is 23.2 Å². The third-order valence-corrected chi connectivity index (χ3v) is 9.12. The molecule has 0 bridgehead atoms. The van der Waals surface area contributed by atoms with Crippen molar-refractivity contribution in [3.8, 4) is 6.07 Å². The summed E-state index contributed by atoms with van der Waals surface area (Å²) in [5, 5.41) is 25.9. The van der Waals surface area contributed by atoms with Crippen LogP contribution in [0.2, 0.25) is 10.0 Å². The number of hydrogen-bond donors (Lipinski definition) is 2. The molecule has 0 radical (unpaired) electrons. The molecule has 1 aliphatic rings. The summed E-state index contributed by atoms with van der Waals surface area (Å²) in [5.41, 5.74) is 2.07. The maximum atomic E-state index is 12.9. The van der Waals surface area contributed by atoms with Crippen molar-refractivity contribution in [2.75, 3.05) is 11.1 Å². The highest BCUT2D eigenvalue weighted by atomic mass is 35.5. The van der Waals surface area contributed by atoms with E-state index < -0.39 is 6.04 Å². The van der Waals surface area contributed by atoms with Gasteiger partial charge < -0.3 is 15.2 Å². The molecule has 2 aromatic heterocycles. The number of halogens is 2. The van der Waals surface area contributed by atoms with Crippen LogP contribution < -0.4 is 10.6 Å². The summed E-state index contributed by atoms with van der Waals surface area (Å²) in [5.74, 6) is 0.189. The molecule has 0 spiro atoms. The number of aryl methyl sites for hydroxylation is 1. The van der Waals surface area contributed by atoms with Crippen molar-refractivity contribution in [3.05, 3.63) is 55.6 Å². The number of nitrogens with zero attached hydrogens (tertiary/aromatic N) is 4. The molecule has 2 heterocycles. The Kier molecular flexibility index (Phi) is 8.80. The first kappa shape index (κ1) is 27.5. The van der Waals surface area contributed by atoms with Crippen LogP contribution in [0, 0.1) is 17.2 Å². The van der Waals surface area contributed by atoms with Gasteiger partial charge in [0.1, 0.15) is 11.1 Å². The second-order valence-electron chi connectivity index (χ2n) is 9.09. The van der Waals surface area contributed by atoms with E-state index in [1.165, 1.54) is 34.0 Å². The number of thiophene rings is 1. The normalized spacial score (nSPS) is 13.6. The van der Waals surface area contributed by atoms with E-state index in [2.05, 4.69) is 26.9 Å². The van der Waals surface area contributed by atoms with Gasteiger partial charge in [0.25, 0.3) is 5.91 Å². The summed E-state index contributed by atoms with van der Waals surface area (Å²) < 4.78 is 1.78. The molecule has 2 N–H and O–H groups in total. The molecule has 1 aromatic carbocycles. The quantitative estimate of drug-likeness (QED) is 0.328. The van der Waals surface area contributed by atoms with Crippen LogP contribution in [0.15, 0.2) is 23.4 Å². The van der Waals surface area contributed by atoms with Gasteiger partial charge in [0, 0.05) is 17.5 Å². The number of nitriles is 1. The maximum Gasteiger partial charge on any atom is 0.251 e. The number of benzene rings is 1. The highest BCUT2D eigenvalue weighted by Gasteiger charge is 2.26. The second-order valence-corrected chi connectivity index (χ2v) is 11.9. The predicted octanol–water partition coefficient (Wildman–Crippen LogP) is 5.79. The fourth-order valence-corrected chi connectivity index (χ4v) is 6.45. The van der Waals surface area contributed by atoms with Gasteiger partial charge in [-0.1, -0.05) is 48.8 Å². The predicted molar refractivity (Wildman–Crippen MR) is 148 cm³/mol. The molecule has 0 saturated heterocycles. The van der Waals surface area contributed by atoms with Crippen LogP contribution in [-0.2, 0) is 24.7 Å². The Morgan fingerprint density at radius 3 is 2.68 bits per heavy atom. The Hall–Kier alpha value is -2.58. The molecule has 194 valence electrons. The van der Waals surface area contributed by atoms with Gasteiger partial charge in [-0.05, 0) is 55.4 Å². The zero-order chi connectivity index (χ0) is 26.7. The number of fused-ring (bicyclic) bond motifs is 1. The molecule has 0 fully saturated rings. The minimum absolute atomic E-state index is 0.0186. The van der Waals surface area contributed by atoms with Crippen molar-refractivity contribution >= 4 is 63.1 Å². The summed E-state index contributed by atoms with van der Waals surface area (Å²) in [6.45, 7) is 3.95. The summed E-state index contributed by atoms with van der Waals surface area (Å²) in [4.78, 5) is 26.8. The number of amides is 2. The van der Waals surface area contributed by atoms with Crippen LogP contribution in [0.1, 0.15) is 64.9 Å². The van der Waals surface area contributed by atoms with Crippen molar-refractivity contribution in [3.63, 3.8) is 0 Å². The minimum Gasteiger partial charge on any atom is -0.342 e. The molecule has 0 aliphatic heterocycles. The van der Waals surface area contributed by atoms with Crippen molar-refractivity contribution in [1.29, 1.82) is 5.26 Å². The molecule has 8 nitrogen and oxygen atoms in total. The Morgan fingerprint density at radius 1 is 1.22 bits per heavy atom. The molecule has 37 heavy (non-hydrogen) atoms. The van der Waals surface area contributed by atoms with E-state index in [0.29, 0.717) is 37.2 Å². The van der Waals surface area contributed by atoms with Gasteiger partial charge in [-0.2, -0.15) is 5.26 Å². The lowest BCUT2D eigenvalue weighted by Crippen LogP contribution is -2.33. The van der Waals surface area contributed by atoms with Crippen LogP contribution in [0.5, 0.6) is 0 Å². The SMILES string of the molecule is CC(C)[C@@H](NC(=O)c1ccc(Cl)c(Cl)c1)c1nnc(SCC(=O)Nc2sc3c(c2C#N)CCCC3)n1C. The Morgan fingerprint density at radius 2 is 1.97 bits per heavy atom. The first-order valence-corrected chi connectivity index (χ1v) is 14.4. The summed E-state index contributed by atoms with van der Waals surface area (Å²) >= 11 is 14.8. The average molecular weight is 578 g/mol. The molecular formula is C25H26Cl2N6O2S2. The number of thioether (sulfide) groups is 1. The molecule has 3 aromatic rings. The summed E-state index contributed by atoms with van der Waals surface area (Å²) in [6.07, 6.45) is 4.03. The number of rotatable bonds is 8. The maximum absolute atomic E-state index is 12.9. The van der Waals surface area contributed by atoms with Gasteiger partial charge in [-0.25, -0.2) is 0 Å². The third-order valence-electron chi connectivity index (χ3n) is 6.15. The van der Waals surface area contributed by atoms with Crippen molar-refractivity contribution in [2.45, 2.75) is 50.7 Å². The lowest BCUT2D eigenvalue weighted by atomic mass is 9.96. The highest BCUT2D eigenvalue weighted by molar-refractivity contribution is 7.99. The second kappa shape index (κ2) is 11.9. The molecular weight excluding hydrogens is 551 g/mol. The smallest absolute Gasteiger partial charge is 0.251 e. The number of carbonyl (C=O) groups excluding carboxylic acids is 2. The first-order chi connectivity index (χ1) is 17.7. The lowest BCUT2D eigenvalue weighted by molar-refractivity contribution is -0.113. The third kappa shape index (κ3) is 6.12. The Balaban J connectivity index is 1.42. The minimum atomic E-state index is -0.418. The van der Waals surface area contributed by atoms with E-state index in [0.717, 1.165) is 31.2 Å². The van der Waals surface area contributed by atoms with Crippen LogP contribution in [0.3, 0.4) is 0 Å². The molecule has 12 heteroatoms. The molecule has 0 saturated carbocycles. The fourth-order valence-electron chi connectivity index (χ4n) is 4.18. The van der Waals surface area contributed by atoms with Crippen LogP contribution in [0.4, 0.5) is 5.00 Å². The summed E-state index contributed by atoms with van der Waals surface area (Å²) in [7, 11) is 1.80. The number of hydrogen-bond acceptors (Lipinski definition) is 7. The van der Waals surface area contributed by atoms with Crippen LogP contribution in [-0.4, -0.2) is 32.3 Å². The van der Waals surface area contributed by atoms with Gasteiger partial charge in [0.15, 0.2) is 11.0 Å². The number of aromatic nitrogens is 3. The fraction of sp³-hybridized carbons (Fsp3) is 0.400. The van der Waals surface area contributed by atoms with E-state index in [1.807, 2.05) is 13.8 Å². The van der Waals surface area contributed by atoms with Crippen molar-refractivity contribution in [2.24, 2.45) is 13.0 Å². The van der Waals surface area contributed by atoms with Gasteiger partial charge in [0.05, 0.1) is 27.4 Å². The molecule has 0 unspecified atom stereocenters. The van der Waals surface area contributed by atoms with Gasteiger partial charge in [-0.3, -0.25) is 9.59 Å². The lowest BCUT2D eigenvalue weighted by Gasteiger charge is -2.22. The average Bonchev–Trinajstić information content (AvgIpc) is 3.41. The van der Waals surface area contributed by atoms with E-state index in [-0.39, 0.29) is 23.5 Å². The summed E-state index contributed by atoms with van der Waals surface area (Å²) in [6, 6.07) is 6.56. The van der Waals surface area contributed by atoms with Crippen molar-refractivity contribution < 1.29 is 9.59 Å². The van der Waals surface area contributed by atoms with Gasteiger partial charge in [0.2, 0.25) is 5.91 Å². The largest absolute Gasteiger partial charge is 0.342 e. The number of anilines is 1. The monoisotopic (exact) mass is 576 g/mol. The highest BCUT2D eigenvalue weighted by Crippen LogP contribution is 2.37. The zero-order valence-electron chi connectivity index (χ0n) is 20.6. The van der Waals surface area contributed by atoms with Gasteiger partial charge in [-0.15, -0.1) is 21.5 Å². The van der Waals surface area contributed by atoms with Gasteiger partial charge >= 0.3 is 0 Å². The zero-order valence-corrected chi connectivity index (χ0v) is 23.7. The molecule has 1 aliphatic carbocycles. The van der Waals surface area contributed by atoms with E-state index in [1.54, 1.807) is 23.7 Å². The Labute approximate surface area is 233 Å².